The van der Waals surface area contributed by atoms with Gasteiger partial charge in [-0.25, -0.2) is 4.79 Å². The lowest BCUT2D eigenvalue weighted by Gasteiger charge is -2.21. The van der Waals surface area contributed by atoms with E-state index in [2.05, 4.69) is 5.32 Å². The number of methoxy groups -OCH3 is 1. The van der Waals surface area contributed by atoms with Crippen molar-refractivity contribution in [2.75, 3.05) is 13.7 Å². The molecule has 0 aromatic heterocycles. The molecule has 0 bridgehead atoms. The molecule has 4 heteroatoms. The van der Waals surface area contributed by atoms with Gasteiger partial charge in [0.15, 0.2) is 0 Å². The number of carbonyl (C=O) groups excluding carboxylic acids is 1. The Kier molecular flexibility index (Phi) is 3.97. The monoisotopic (exact) mass is 215 g/mol. The van der Waals surface area contributed by atoms with Gasteiger partial charge in [0.05, 0.1) is 6.10 Å². The van der Waals surface area contributed by atoms with Gasteiger partial charge in [0.1, 0.15) is 5.60 Å². The zero-order chi connectivity index (χ0) is 11.5. The van der Waals surface area contributed by atoms with E-state index in [1.807, 2.05) is 20.8 Å². The number of carbonyl (C=O) groups is 1. The van der Waals surface area contributed by atoms with E-state index in [1.165, 1.54) is 12.8 Å². The van der Waals surface area contributed by atoms with Crippen LogP contribution in [0.3, 0.4) is 0 Å². The van der Waals surface area contributed by atoms with Gasteiger partial charge in [0.2, 0.25) is 0 Å². The number of amides is 1. The normalized spacial score (nSPS) is 18.4. The van der Waals surface area contributed by atoms with Crippen LogP contribution in [0.15, 0.2) is 0 Å². The lowest BCUT2D eigenvalue weighted by Crippen LogP contribution is -2.38. The molecule has 0 radical (unpaired) electrons. The third-order valence-corrected chi connectivity index (χ3v) is 2.30. The van der Waals surface area contributed by atoms with Gasteiger partial charge in [0.25, 0.3) is 0 Å². The Morgan fingerprint density at radius 3 is 2.47 bits per heavy atom. The van der Waals surface area contributed by atoms with E-state index < -0.39 is 5.60 Å². The lowest BCUT2D eigenvalue weighted by molar-refractivity contribution is 0.0429. The summed E-state index contributed by atoms with van der Waals surface area (Å²) in [5, 5.41) is 2.73. The third kappa shape index (κ3) is 5.02. The average Bonchev–Trinajstić information content (AvgIpc) is 2.85. The maximum Gasteiger partial charge on any atom is 0.407 e. The fourth-order valence-corrected chi connectivity index (χ4v) is 1.41. The van der Waals surface area contributed by atoms with Crippen molar-refractivity contribution >= 4 is 6.09 Å². The summed E-state index contributed by atoms with van der Waals surface area (Å²) in [6, 6.07) is 0. The van der Waals surface area contributed by atoms with Crippen molar-refractivity contribution in [3.05, 3.63) is 0 Å². The summed E-state index contributed by atoms with van der Waals surface area (Å²) in [4.78, 5) is 11.3. The Morgan fingerprint density at radius 1 is 1.47 bits per heavy atom. The second kappa shape index (κ2) is 4.84. The van der Waals surface area contributed by atoms with E-state index in [0.717, 1.165) is 0 Å². The van der Waals surface area contributed by atoms with E-state index in [9.17, 15) is 4.79 Å². The topological polar surface area (TPSA) is 47.6 Å². The van der Waals surface area contributed by atoms with Crippen LogP contribution in [0.25, 0.3) is 0 Å². The lowest BCUT2D eigenvalue weighted by atomic mass is 10.2. The first-order valence-electron chi connectivity index (χ1n) is 5.42. The largest absolute Gasteiger partial charge is 0.444 e. The Balaban J connectivity index is 2.20. The van der Waals surface area contributed by atoms with Crippen molar-refractivity contribution in [3.8, 4) is 0 Å². The van der Waals surface area contributed by atoms with Gasteiger partial charge in [-0.15, -0.1) is 0 Å². The van der Waals surface area contributed by atoms with Crippen LogP contribution < -0.4 is 5.32 Å². The average molecular weight is 215 g/mol. The SMILES string of the molecule is COC(CNC(=O)OC(C)(C)C)C1CC1. The van der Waals surface area contributed by atoms with Crippen LogP contribution >= 0.6 is 0 Å². The molecule has 0 aromatic carbocycles. The molecule has 1 N–H and O–H groups in total. The highest BCUT2D eigenvalue weighted by Crippen LogP contribution is 2.33. The fourth-order valence-electron chi connectivity index (χ4n) is 1.41. The minimum Gasteiger partial charge on any atom is -0.444 e. The van der Waals surface area contributed by atoms with E-state index >= 15 is 0 Å². The third-order valence-electron chi connectivity index (χ3n) is 2.30. The van der Waals surface area contributed by atoms with Crippen LogP contribution in [-0.4, -0.2) is 31.5 Å². The van der Waals surface area contributed by atoms with Crippen LogP contribution in [0.4, 0.5) is 4.79 Å². The maximum atomic E-state index is 11.3. The molecular formula is C11H21NO3. The predicted octanol–water partition coefficient (Wildman–Crippen LogP) is 1.94. The van der Waals surface area contributed by atoms with Crippen LogP contribution in [0, 0.1) is 5.92 Å². The standard InChI is InChI=1S/C11H21NO3/c1-11(2,3)15-10(13)12-7-9(14-4)8-5-6-8/h8-9H,5-7H2,1-4H3,(H,12,13). The molecule has 1 aliphatic rings. The molecule has 88 valence electrons. The molecule has 0 heterocycles. The smallest absolute Gasteiger partial charge is 0.407 e. The molecule has 4 nitrogen and oxygen atoms in total. The van der Waals surface area contributed by atoms with Crippen molar-refractivity contribution in [3.63, 3.8) is 0 Å². The first kappa shape index (κ1) is 12.3. The molecule has 1 saturated carbocycles. The number of hydrogen-bond donors (Lipinski definition) is 1. The molecule has 1 aliphatic carbocycles. The first-order valence-corrected chi connectivity index (χ1v) is 5.42. The Labute approximate surface area is 91.3 Å². The van der Waals surface area contributed by atoms with Crippen molar-refractivity contribution in [1.82, 2.24) is 5.32 Å². The summed E-state index contributed by atoms with van der Waals surface area (Å²) in [7, 11) is 1.68. The van der Waals surface area contributed by atoms with Crippen molar-refractivity contribution in [2.45, 2.75) is 45.3 Å². The summed E-state index contributed by atoms with van der Waals surface area (Å²) in [5.74, 6) is 0.616. The molecule has 1 unspecified atom stereocenters. The summed E-state index contributed by atoms with van der Waals surface area (Å²) < 4.78 is 10.4. The molecular weight excluding hydrogens is 194 g/mol. The predicted molar refractivity (Wildman–Crippen MR) is 57.8 cm³/mol. The fraction of sp³-hybridized carbons (Fsp3) is 0.909. The minimum atomic E-state index is -0.438. The van der Waals surface area contributed by atoms with Crippen LogP contribution in [0.1, 0.15) is 33.6 Å². The number of nitrogens with one attached hydrogen (secondary N) is 1. The minimum absolute atomic E-state index is 0.137. The summed E-state index contributed by atoms with van der Waals surface area (Å²) in [6.45, 7) is 6.08. The highest BCUT2D eigenvalue weighted by Gasteiger charge is 2.31. The van der Waals surface area contributed by atoms with Crippen LogP contribution in [0.2, 0.25) is 0 Å². The Bertz CT molecular complexity index is 218. The second-order valence-corrected chi connectivity index (χ2v) is 4.99. The second-order valence-electron chi connectivity index (χ2n) is 4.99. The van der Waals surface area contributed by atoms with Gasteiger partial charge < -0.3 is 14.8 Å². The van der Waals surface area contributed by atoms with Crippen molar-refractivity contribution < 1.29 is 14.3 Å². The number of rotatable bonds is 4. The summed E-state index contributed by atoms with van der Waals surface area (Å²) in [6.07, 6.45) is 2.17. The molecule has 15 heavy (non-hydrogen) atoms. The van der Waals surface area contributed by atoms with Crippen molar-refractivity contribution in [1.29, 1.82) is 0 Å². The Hall–Kier alpha value is -0.770. The quantitative estimate of drug-likeness (QED) is 0.779. The van der Waals surface area contributed by atoms with Crippen molar-refractivity contribution in [2.24, 2.45) is 5.92 Å². The first-order chi connectivity index (χ1) is 6.92. The number of hydrogen-bond acceptors (Lipinski definition) is 3. The van der Waals surface area contributed by atoms with E-state index in [0.29, 0.717) is 12.5 Å². The van der Waals surface area contributed by atoms with Gasteiger partial charge in [-0.05, 0) is 39.5 Å². The molecule has 1 atom stereocenters. The van der Waals surface area contributed by atoms with Gasteiger partial charge in [-0.3, -0.25) is 0 Å². The number of alkyl carbamates (subject to hydrolysis) is 1. The Morgan fingerprint density at radius 2 is 2.07 bits per heavy atom. The molecule has 1 fully saturated rings. The summed E-state index contributed by atoms with van der Waals surface area (Å²) >= 11 is 0. The van der Waals surface area contributed by atoms with E-state index in [1.54, 1.807) is 7.11 Å². The van der Waals surface area contributed by atoms with Gasteiger partial charge in [-0.2, -0.15) is 0 Å². The van der Waals surface area contributed by atoms with Crippen LogP contribution in [-0.2, 0) is 9.47 Å². The molecule has 0 spiro atoms. The summed E-state index contributed by atoms with van der Waals surface area (Å²) in [5.41, 5.74) is -0.438. The van der Waals surface area contributed by atoms with E-state index in [-0.39, 0.29) is 12.2 Å². The zero-order valence-corrected chi connectivity index (χ0v) is 10.0. The molecule has 1 amide bonds. The van der Waals surface area contributed by atoms with Gasteiger partial charge in [-0.1, -0.05) is 0 Å². The van der Waals surface area contributed by atoms with E-state index in [4.69, 9.17) is 9.47 Å². The molecule has 1 rings (SSSR count). The van der Waals surface area contributed by atoms with Gasteiger partial charge >= 0.3 is 6.09 Å². The molecule has 0 aliphatic heterocycles. The highest BCUT2D eigenvalue weighted by molar-refractivity contribution is 5.67. The van der Waals surface area contributed by atoms with Crippen LogP contribution in [0.5, 0.6) is 0 Å². The maximum absolute atomic E-state index is 11.3. The zero-order valence-electron chi connectivity index (χ0n) is 10.0. The molecule has 0 aromatic rings. The van der Waals surface area contributed by atoms with Gasteiger partial charge in [0, 0.05) is 13.7 Å². The highest BCUT2D eigenvalue weighted by atomic mass is 16.6. The number of ether oxygens (including phenoxy) is 2. The molecule has 0 saturated heterocycles.